The first kappa shape index (κ1) is 12.0. The molecule has 1 aromatic carbocycles. The summed E-state index contributed by atoms with van der Waals surface area (Å²) in [6.07, 6.45) is 0. The highest BCUT2D eigenvalue weighted by atomic mass is 79.9. The van der Waals surface area contributed by atoms with Crippen LogP contribution in [0, 0.1) is 0 Å². The molecule has 0 bridgehead atoms. The molecule has 2 N–H and O–H groups in total. The van der Waals surface area contributed by atoms with E-state index in [9.17, 15) is 4.79 Å². The maximum atomic E-state index is 11.5. The van der Waals surface area contributed by atoms with Crippen LogP contribution in [-0.4, -0.2) is 15.3 Å². The van der Waals surface area contributed by atoms with E-state index in [1.54, 1.807) is 38.1 Å². The third kappa shape index (κ3) is 3.91. The fourth-order valence-corrected chi connectivity index (χ4v) is 1.15. The van der Waals surface area contributed by atoms with Crippen LogP contribution < -0.4 is 5.32 Å². The predicted molar refractivity (Wildman–Crippen MR) is 63.0 cm³/mol. The molecule has 1 amide bonds. The minimum absolute atomic E-state index is 0.0597. The molecule has 0 heterocycles. The van der Waals surface area contributed by atoms with Crippen LogP contribution in [0.4, 0.5) is 0 Å². The highest BCUT2D eigenvalue weighted by molar-refractivity contribution is 9.10. The molecule has 0 spiro atoms. The summed E-state index contributed by atoms with van der Waals surface area (Å²) >= 11 is 3.28. The molecule has 3 nitrogen and oxygen atoms in total. The Kier molecular flexibility index (Phi) is 3.74. The maximum absolute atomic E-state index is 11.5. The number of nitrogens with one attached hydrogen (secondary N) is 1. The number of carbonyl (C=O) groups excluding carboxylic acids is 1. The molecular weight excluding hydrogens is 258 g/mol. The average Bonchev–Trinajstić information content (AvgIpc) is 2.15. The number of hydrogen-bond donors (Lipinski definition) is 2. The first-order chi connectivity index (χ1) is 6.89. The minimum atomic E-state index is -0.552. The molecule has 0 saturated carbocycles. The molecule has 0 fully saturated rings. The van der Waals surface area contributed by atoms with Crippen molar-refractivity contribution in [3.63, 3.8) is 0 Å². The lowest BCUT2D eigenvalue weighted by Crippen LogP contribution is -2.36. The van der Waals surface area contributed by atoms with E-state index in [-0.39, 0.29) is 11.7 Å². The van der Waals surface area contributed by atoms with Crippen LogP contribution in [0.1, 0.15) is 19.4 Å². The molecule has 82 valence electrons. The molecule has 0 aliphatic rings. The Bertz CT molecular complexity index is 341. The number of alkyl halides is 1. The molecule has 4 heteroatoms. The normalized spacial score (nSPS) is 11.1. The molecule has 15 heavy (non-hydrogen) atoms. The molecule has 0 aliphatic heterocycles. The van der Waals surface area contributed by atoms with Gasteiger partial charge in [0.1, 0.15) is 5.75 Å². The van der Waals surface area contributed by atoms with Gasteiger partial charge in [0.2, 0.25) is 5.91 Å². The van der Waals surface area contributed by atoms with Crippen molar-refractivity contribution in [1.82, 2.24) is 5.32 Å². The lowest BCUT2D eigenvalue weighted by Gasteiger charge is -2.15. The minimum Gasteiger partial charge on any atom is -0.508 e. The van der Waals surface area contributed by atoms with Gasteiger partial charge in [-0.25, -0.2) is 0 Å². The van der Waals surface area contributed by atoms with E-state index in [0.717, 1.165) is 5.56 Å². The fraction of sp³-hybridized carbons (Fsp3) is 0.364. The van der Waals surface area contributed by atoms with E-state index in [4.69, 9.17) is 5.11 Å². The van der Waals surface area contributed by atoms with Gasteiger partial charge in [-0.05, 0) is 31.5 Å². The molecule has 0 atom stereocenters. The van der Waals surface area contributed by atoms with Crippen molar-refractivity contribution in [2.45, 2.75) is 24.7 Å². The Morgan fingerprint density at radius 1 is 1.40 bits per heavy atom. The Morgan fingerprint density at radius 3 is 2.40 bits per heavy atom. The number of amides is 1. The Morgan fingerprint density at radius 2 is 1.93 bits per heavy atom. The van der Waals surface area contributed by atoms with Crippen LogP contribution in [0.5, 0.6) is 5.75 Å². The maximum Gasteiger partial charge on any atom is 0.236 e. The summed E-state index contributed by atoms with van der Waals surface area (Å²) < 4.78 is -0.552. The number of benzene rings is 1. The van der Waals surface area contributed by atoms with Crippen molar-refractivity contribution >= 4 is 21.8 Å². The fourth-order valence-electron chi connectivity index (χ4n) is 1.01. The second kappa shape index (κ2) is 4.66. The van der Waals surface area contributed by atoms with Gasteiger partial charge in [-0.1, -0.05) is 28.1 Å². The van der Waals surface area contributed by atoms with E-state index in [2.05, 4.69) is 21.2 Å². The summed E-state index contributed by atoms with van der Waals surface area (Å²) in [6.45, 7) is 4.05. The van der Waals surface area contributed by atoms with Crippen molar-refractivity contribution in [1.29, 1.82) is 0 Å². The number of phenolic OH excluding ortho intramolecular Hbond substituents is 1. The molecule has 0 saturated heterocycles. The number of hydrogen-bond acceptors (Lipinski definition) is 2. The first-order valence-electron chi connectivity index (χ1n) is 4.65. The summed E-state index contributed by atoms with van der Waals surface area (Å²) in [4.78, 5) is 11.5. The van der Waals surface area contributed by atoms with Crippen LogP contribution in [0.2, 0.25) is 0 Å². The lowest BCUT2D eigenvalue weighted by molar-refractivity contribution is -0.122. The van der Waals surface area contributed by atoms with Gasteiger partial charge in [0.25, 0.3) is 0 Å². The molecule has 0 aliphatic carbocycles. The molecule has 0 radical (unpaired) electrons. The SMILES string of the molecule is CC(C)(Br)C(=O)NCc1ccc(O)cc1. The van der Waals surface area contributed by atoms with Crippen LogP contribution >= 0.6 is 15.9 Å². The standard InChI is InChI=1S/C11H14BrNO2/c1-11(2,12)10(15)13-7-8-3-5-9(14)6-4-8/h3-6,14H,7H2,1-2H3,(H,13,15). The summed E-state index contributed by atoms with van der Waals surface area (Å²) in [5, 5.41) is 11.9. The smallest absolute Gasteiger partial charge is 0.236 e. The number of rotatable bonds is 3. The van der Waals surface area contributed by atoms with Gasteiger partial charge in [0.05, 0.1) is 4.32 Å². The van der Waals surface area contributed by atoms with E-state index in [1.165, 1.54) is 0 Å². The van der Waals surface area contributed by atoms with E-state index < -0.39 is 4.32 Å². The van der Waals surface area contributed by atoms with Crippen LogP contribution in [0.15, 0.2) is 24.3 Å². The van der Waals surface area contributed by atoms with Gasteiger partial charge in [-0.15, -0.1) is 0 Å². The van der Waals surface area contributed by atoms with Gasteiger partial charge >= 0.3 is 0 Å². The van der Waals surface area contributed by atoms with Crippen LogP contribution in [0.25, 0.3) is 0 Å². The average molecular weight is 272 g/mol. The Balaban J connectivity index is 2.51. The summed E-state index contributed by atoms with van der Waals surface area (Å²) in [5.74, 6) is 0.168. The van der Waals surface area contributed by atoms with Gasteiger partial charge in [-0.3, -0.25) is 4.79 Å². The molecule has 0 unspecified atom stereocenters. The van der Waals surface area contributed by atoms with E-state index in [0.29, 0.717) is 6.54 Å². The van der Waals surface area contributed by atoms with Crippen molar-refractivity contribution in [3.8, 4) is 5.75 Å². The molecular formula is C11H14BrNO2. The number of halogens is 1. The number of aromatic hydroxyl groups is 1. The molecule has 1 rings (SSSR count). The zero-order valence-corrected chi connectivity index (χ0v) is 10.3. The quantitative estimate of drug-likeness (QED) is 0.828. The van der Waals surface area contributed by atoms with E-state index >= 15 is 0 Å². The van der Waals surface area contributed by atoms with Gasteiger partial charge < -0.3 is 10.4 Å². The topological polar surface area (TPSA) is 49.3 Å². The third-order valence-corrected chi connectivity index (χ3v) is 2.29. The zero-order valence-electron chi connectivity index (χ0n) is 8.75. The largest absolute Gasteiger partial charge is 0.508 e. The van der Waals surface area contributed by atoms with Crippen LogP contribution in [0.3, 0.4) is 0 Å². The second-order valence-corrected chi connectivity index (χ2v) is 5.80. The van der Waals surface area contributed by atoms with Gasteiger partial charge in [0.15, 0.2) is 0 Å². The van der Waals surface area contributed by atoms with E-state index in [1.807, 2.05) is 0 Å². The van der Waals surface area contributed by atoms with Crippen molar-refractivity contribution < 1.29 is 9.90 Å². The van der Waals surface area contributed by atoms with Crippen molar-refractivity contribution in [2.24, 2.45) is 0 Å². The highest BCUT2D eigenvalue weighted by Crippen LogP contribution is 2.16. The lowest BCUT2D eigenvalue weighted by atomic mass is 10.2. The monoisotopic (exact) mass is 271 g/mol. The summed E-state index contributed by atoms with van der Waals surface area (Å²) in [7, 11) is 0. The second-order valence-electron chi connectivity index (χ2n) is 3.82. The van der Waals surface area contributed by atoms with Crippen molar-refractivity contribution in [2.75, 3.05) is 0 Å². The summed E-state index contributed by atoms with van der Waals surface area (Å²) in [5.41, 5.74) is 0.956. The van der Waals surface area contributed by atoms with Gasteiger partial charge in [-0.2, -0.15) is 0 Å². The van der Waals surface area contributed by atoms with Gasteiger partial charge in [0, 0.05) is 6.54 Å². The number of carbonyl (C=O) groups is 1. The predicted octanol–water partition coefficient (Wildman–Crippen LogP) is 2.18. The Hall–Kier alpha value is -1.03. The molecule has 0 aromatic heterocycles. The third-order valence-electron chi connectivity index (χ3n) is 1.93. The van der Waals surface area contributed by atoms with Crippen LogP contribution in [-0.2, 0) is 11.3 Å². The summed E-state index contributed by atoms with van der Waals surface area (Å²) in [6, 6.07) is 6.75. The molecule has 1 aromatic rings. The Labute approximate surface area is 97.6 Å². The number of phenols is 1. The first-order valence-corrected chi connectivity index (χ1v) is 5.44. The van der Waals surface area contributed by atoms with Crippen molar-refractivity contribution in [3.05, 3.63) is 29.8 Å². The highest BCUT2D eigenvalue weighted by Gasteiger charge is 2.22. The zero-order chi connectivity index (χ0) is 11.5.